The maximum Gasteiger partial charge on any atom is 0.177 e. The molecule has 0 bridgehead atoms. The van der Waals surface area contributed by atoms with Gasteiger partial charge in [-0.1, -0.05) is 194 Å². The van der Waals surface area contributed by atoms with Crippen molar-refractivity contribution in [1.82, 2.24) is 0 Å². The third kappa shape index (κ3) is 24.7. The summed E-state index contributed by atoms with van der Waals surface area (Å²) in [6, 6.07) is -3.97. The molecule has 3 aliphatic heterocycles. The zero-order chi connectivity index (χ0) is 52.6. The molecule has 73 heavy (non-hydrogen) atoms. The van der Waals surface area contributed by atoms with Gasteiger partial charge in [-0.25, -0.2) is 0 Å². The molecule has 3 heterocycles. The van der Waals surface area contributed by atoms with Crippen LogP contribution in [0, 0.1) is 0 Å². The smallest absolute Gasteiger partial charge is 0.177 e. The summed E-state index contributed by atoms with van der Waals surface area (Å²) in [6.45, 7) is 4.29. The van der Waals surface area contributed by atoms with E-state index < -0.39 is 111 Å². The van der Waals surface area contributed by atoms with Crippen molar-refractivity contribution >= 4 is 0 Å². The first-order valence-corrected chi connectivity index (χ1v) is 29.5. The summed E-state index contributed by atoms with van der Waals surface area (Å²) in [5.41, 5.74) is 17.1. The number of rotatable bonds is 43. The summed E-state index contributed by atoms with van der Waals surface area (Å²) < 4.78 is 29.8. The van der Waals surface area contributed by atoms with E-state index in [9.17, 15) is 40.9 Å². The predicted molar refractivity (Wildman–Crippen MR) is 281 cm³/mol. The lowest BCUT2D eigenvalue weighted by Crippen LogP contribution is -3.14. The standard InChI is InChI=1S/C55H110N4O13.ClH/c1-3-5-7-9-11-13-15-17-19-21-23-25-27-29-31-33-35-59(36-34-32-30-28-26-24-22-20-18-16-14-12-10-8-6-4-2)39-55(40-62)51(66)48(65)45(58)54(72-55)71-50-42(38-61)69-53(44(57)47(50)64)70-49-41(37-60)68-52(67)43(56)46(49)63;/h41-54,60-67H,3-40,56-58H2,1-2H3;1H/t41-,42-,43-,44-,45-,46-,47-,48-,49?,50?,51+,52-,53+,54+,55-;/m1./s1. The van der Waals surface area contributed by atoms with Gasteiger partial charge in [0.15, 0.2) is 24.5 Å². The van der Waals surface area contributed by atoms with Gasteiger partial charge in [-0.15, -0.1) is 0 Å². The number of nitrogens with one attached hydrogen (secondary N) is 1. The minimum atomic E-state index is -1.68. The van der Waals surface area contributed by atoms with Crippen LogP contribution in [0.4, 0.5) is 0 Å². The molecule has 3 fully saturated rings. The van der Waals surface area contributed by atoms with Crippen LogP contribution in [-0.4, -0.2) is 172 Å². The van der Waals surface area contributed by atoms with E-state index in [1.807, 2.05) is 0 Å². The average Bonchev–Trinajstić information content (AvgIpc) is 3.38. The largest absolute Gasteiger partial charge is 1.00 e. The van der Waals surface area contributed by atoms with Gasteiger partial charge < -0.3 is 99.0 Å². The van der Waals surface area contributed by atoms with Crippen LogP contribution in [0.3, 0.4) is 0 Å². The number of unbranched alkanes of at least 4 members (excludes halogenated alkanes) is 30. The molecule has 0 aromatic rings. The highest BCUT2D eigenvalue weighted by atomic mass is 35.5. The normalized spacial score (nSPS) is 31.8. The Morgan fingerprint density at radius 1 is 0.438 bits per heavy atom. The van der Waals surface area contributed by atoms with E-state index in [2.05, 4.69) is 13.8 Å². The first-order valence-electron chi connectivity index (χ1n) is 29.5. The molecule has 17 nitrogen and oxygen atoms in total. The predicted octanol–water partition coefficient (Wildman–Crippen LogP) is 1.11. The molecule has 3 rings (SSSR count). The molecule has 436 valence electrons. The molecule has 0 radical (unpaired) electrons. The third-order valence-electron chi connectivity index (χ3n) is 15.9. The SMILES string of the molecule is CCCCCCCCCCCCCCCCCC[NH+](CCCCCCCCCCCCCCCCCC)C[C@]1(CO)O[C@H](OC2[C@@H](CO)O[C@@H](OC3[C@@H](CO)O[C@@H](O)[C@H](N)[C@H]3O)[C@H](N)[C@H]2O)[C@H](N)[C@@H](O)[C@@H]1O.[Cl-]. The van der Waals surface area contributed by atoms with Crippen LogP contribution in [-0.2, 0) is 23.7 Å². The zero-order valence-corrected chi connectivity index (χ0v) is 46.4. The van der Waals surface area contributed by atoms with Gasteiger partial charge in [0.1, 0.15) is 55.4 Å². The molecular formula is C55H111ClN4O13. The number of ether oxygens (including phenoxy) is 5. The van der Waals surface area contributed by atoms with E-state index >= 15 is 0 Å². The number of hydrogen-bond acceptors (Lipinski definition) is 16. The van der Waals surface area contributed by atoms with Gasteiger partial charge in [0, 0.05) is 0 Å². The summed E-state index contributed by atoms with van der Waals surface area (Å²) in [4.78, 5) is 1.14. The van der Waals surface area contributed by atoms with E-state index in [1.54, 1.807) is 0 Å². The quantitative estimate of drug-likeness (QED) is 0.0381. The van der Waals surface area contributed by atoms with Gasteiger partial charge in [0.2, 0.25) is 0 Å². The van der Waals surface area contributed by atoms with Crippen molar-refractivity contribution < 1.29 is 81.8 Å². The highest BCUT2D eigenvalue weighted by Crippen LogP contribution is 2.34. The number of quaternary nitrogens is 1. The van der Waals surface area contributed by atoms with Crippen molar-refractivity contribution in [3.8, 4) is 0 Å². The lowest BCUT2D eigenvalue weighted by atomic mass is 9.85. The second-order valence-electron chi connectivity index (χ2n) is 22.1. The zero-order valence-electron chi connectivity index (χ0n) is 45.7. The lowest BCUT2D eigenvalue weighted by Gasteiger charge is -2.51. The van der Waals surface area contributed by atoms with Gasteiger partial charge in [0.05, 0.1) is 51.0 Å². The molecule has 0 amide bonds. The molecule has 18 heteroatoms. The van der Waals surface area contributed by atoms with E-state index in [0.29, 0.717) is 0 Å². The summed E-state index contributed by atoms with van der Waals surface area (Å²) in [7, 11) is 0. The van der Waals surface area contributed by atoms with Crippen LogP contribution >= 0.6 is 0 Å². The molecule has 3 saturated heterocycles. The highest BCUT2D eigenvalue weighted by molar-refractivity contribution is 5.03. The molecule has 0 spiro atoms. The summed E-state index contributed by atoms with van der Waals surface area (Å²) in [6.07, 6.45) is 24.9. The second kappa shape index (κ2) is 40.7. The first kappa shape index (κ1) is 68.7. The first-order chi connectivity index (χ1) is 34.9. The molecule has 15 atom stereocenters. The van der Waals surface area contributed by atoms with E-state index in [1.165, 1.54) is 167 Å². The maximum atomic E-state index is 11.6. The molecule has 15 N–H and O–H groups in total. The fourth-order valence-corrected chi connectivity index (χ4v) is 11.0. The minimum Gasteiger partial charge on any atom is -1.00 e. The van der Waals surface area contributed by atoms with Crippen LogP contribution in [0.2, 0.25) is 0 Å². The Labute approximate surface area is 447 Å². The lowest BCUT2D eigenvalue weighted by molar-refractivity contribution is -0.908. The van der Waals surface area contributed by atoms with Gasteiger partial charge in [-0.2, -0.15) is 0 Å². The van der Waals surface area contributed by atoms with Crippen molar-refractivity contribution in [2.75, 3.05) is 39.5 Å². The van der Waals surface area contributed by atoms with Crippen LogP contribution in [0.5, 0.6) is 0 Å². The molecular weight excluding hydrogens is 960 g/mol. The fourth-order valence-electron chi connectivity index (χ4n) is 11.0. The Balaban J connectivity index is 0.0000183. The maximum absolute atomic E-state index is 11.6. The molecule has 3 aliphatic rings. The summed E-state index contributed by atoms with van der Waals surface area (Å²) in [5, 5.41) is 86.8. The monoisotopic (exact) mass is 1070 g/mol. The van der Waals surface area contributed by atoms with Gasteiger partial charge in [-0.05, 0) is 25.7 Å². The second-order valence-corrected chi connectivity index (χ2v) is 22.1. The Morgan fingerprint density at radius 2 is 0.767 bits per heavy atom. The minimum absolute atomic E-state index is 0. The van der Waals surface area contributed by atoms with Gasteiger partial charge in [-0.3, -0.25) is 0 Å². The molecule has 2 unspecified atom stereocenters. The number of nitrogens with two attached hydrogens (primary N) is 3. The topological polar surface area (TPSA) is 290 Å². The van der Waals surface area contributed by atoms with Crippen LogP contribution in [0.1, 0.15) is 219 Å². The van der Waals surface area contributed by atoms with E-state index in [-0.39, 0.29) is 19.0 Å². The van der Waals surface area contributed by atoms with Crippen molar-refractivity contribution in [3.05, 3.63) is 0 Å². The van der Waals surface area contributed by atoms with Crippen molar-refractivity contribution in [2.45, 2.75) is 311 Å². The van der Waals surface area contributed by atoms with E-state index in [4.69, 9.17) is 40.9 Å². The molecule has 0 aromatic carbocycles. The third-order valence-corrected chi connectivity index (χ3v) is 15.9. The number of aliphatic hydroxyl groups excluding tert-OH is 8. The molecule has 0 aromatic heterocycles. The number of hydrogen-bond donors (Lipinski definition) is 12. The van der Waals surface area contributed by atoms with Crippen molar-refractivity contribution in [1.29, 1.82) is 0 Å². The van der Waals surface area contributed by atoms with E-state index in [0.717, 1.165) is 56.5 Å². The summed E-state index contributed by atoms with van der Waals surface area (Å²) in [5.74, 6) is 0. The fraction of sp³-hybridized carbons (Fsp3) is 1.00. The summed E-state index contributed by atoms with van der Waals surface area (Å²) >= 11 is 0. The van der Waals surface area contributed by atoms with Crippen LogP contribution in [0.15, 0.2) is 0 Å². The van der Waals surface area contributed by atoms with Gasteiger partial charge >= 0.3 is 0 Å². The Bertz CT molecular complexity index is 1270. The van der Waals surface area contributed by atoms with Crippen molar-refractivity contribution in [3.63, 3.8) is 0 Å². The molecule has 0 saturated carbocycles. The van der Waals surface area contributed by atoms with Crippen molar-refractivity contribution in [2.24, 2.45) is 17.2 Å². The Hall–Kier alpha value is -0.390. The number of halogens is 1. The highest BCUT2D eigenvalue weighted by Gasteiger charge is 2.57. The Kier molecular flexibility index (Phi) is 38.4. The van der Waals surface area contributed by atoms with Crippen LogP contribution in [0.25, 0.3) is 0 Å². The average molecular weight is 1070 g/mol. The molecule has 0 aliphatic carbocycles. The van der Waals surface area contributed by atoms with Gasteiger partial charge in [0.25, 0.3) is 0 Å². The number of aliphatic hydroxyl groups is 8. The van der Waals surface area contributed by atoms with Crippen LogP contribution < -0.4 is 34.5 Å². The Morgan fingerprint density at radius 3 is 1.14 bits per heavy atom.